The summed E-state index contributed by atoms with van der Waals surface area (Å²) in [4.78, 5) is 38.3. The number of amides is 3. The second kappa shape index (κ2) is 13.6. The van der Waals surface area contributed by atoms with Crippen molar-refractivity contribution in [1.29, 1.82) is 0 Å². The highest BCUT2D eigenvalue weighted by atomic mass is 16.5. The number of hydrogen-bond donors (Lipinski definition) is 6. The molecule has 3 aromatic carbocycles. The normalized spacial score (nSPS) is 11.7. The van der Waals surface area contributed by atoms with Crippen LogP contribution in [0.15, 0.2) is 72.8 Å². The van der Waals surface area contributed by atoms with E-state index in [-0.39, 0.29) is 18.0 Å². The molecular formula is C29H31N5O5. The fourth-order valence-corrected chi connectivity index (χ4v) is 3.45. The average Bonchev–Trinajstić information content (AvgIpc) is 2.94. The highest BCUT2D eigenvalue weighted by molar-refractivity contribution is 5.97. The number of nitrogens with zero attached hydrogens (tertiary/aromatic N) is 1. The van der Waals surface area contributed by atoms with Crippen molar-refractivity contribution < 1.29 is 24.7 Å². The predicted molar refractivity (Wildman–Crippen MR) is 150 cm³/mol. The number of nitrogens with one attached hydrogen (secondary N) is 4. The van der Waals surface area contributed by atoms with Gasteiger partial charge in [0.1, 0.15) is 6.04 Å². The van der Waals surface area contributed by atoms with Crippen molar-refractivity contribution in [2.45, 2.75) is 19.1 Å². The van der Waals surface area contributed by atoms with Crippen LogP contribution in [0.5, 0.6) is 0 Å². The molecule has 0 fully saturated rings. The Labute approximate surface area is 227 Å². The van der Waals surface area contributed by atoms with Gasteiger partial charge in [-0.05, 0) is 79.7 Å². The fraction of sp³-hybridized carbons (Fsp3) is 0.207. The molecule has 3 rings (SSSR count). The summed E-state index contributed by atoms with van der Waals surface area (Å²) in [5.41, 5.74) is 5.66. The summed E-state index contributed by atoms with van der Waals surface area (Å²) in [5.74, 6) is 4.35. The van der Waals surface area contributed by atoms with E-state index >= 15 is 0 Å². The molecule has 0 bridgehead atoms. The zero-order valence-electron chi connectivity index (χ0n) is 21.9. The largest absolute Gasteiger partial charge is 0.391 e. The zero-order valence-corrected chi connectivity index (χ0v) is 21.9. The molecule has 2 unspecified atom stereocenters. The van der Waals surface area contributed by atoms with Crippen molar-refractivity contribution in [3.05, 3.63) is 89.5 Å². The van der Waals surface area contributed by atoms with Crippen LogP contribution in [-0.2, 0) is 9.59 Å². The van der Waals surface area contributed by atoms with Gasteiger partial charge >= 0.3 is 0 Å². The molecule has 0 aliphatic heterocycles. The third kappa shape index (κ3) is 8.60. The van der Waals surface area contributed by atoms with Gasteiger partial charge in [0.15, 0.2) is 0 Å². The molecule has 0 radical (unpaired) electrons. The molecule has 10 heteroatoms. The summed E-state index contributed by atoms with van der Waals surface area (Å²) in [6, 6.07) is 20.0. The molecule has 0 saturated heterocycles. The summed E-state index contributed by atoms with van der Waals surface area (Å²) < 4.78 is 0. The quantitative estimate of drug-likeness (QED) is 0.142. The SMILES string of the molecule is CC(O)C(NC(=O)c1ccc(C#Cc2ccc(NC(=O)CNc3ccc(N(C)C)cc3)cc2)cc1)C(=O)NO. The van der Waals surface area contributed by atoms with Crippen LogP contribution < -0.4 is 26.3 Å². The molecule has 202 valence electrons. The Bertz CT molecular complexity index is 1340. The topological polar surface area (TPSA) is 143 Å². The molecule has 0 heterocycles. The van der Waals surface area contributed by atoms with Crippen molar-refractivity contribution in [3.63, 3.8) is 0 Å². The number of anilines is 3. The first-order valence-corrected chi connectivity index (χ1v) is 12.1. The molecule has 3 amide bonds. The first kappa shape index (κ1) is 28.7. The Morgan fingerprint density at radius 1 is 0.846 bits per heavy atom. The number of hydroxylamine groups is 1. The van der Waals surface area contributed by atoms with Crippen LogP contribution in [0.3, 0.4) is 0 Å². The molecule has 10 nitrogen and oxygen atoms in total. The smallest absolute Gasteiger partial charge is 0.268 e. The monoisotopic (exact) mass is 529 g/mol. The van der Waals surface area contributed by atoms with Crippen LogP contribution in [0.4, 0.5) is 17.1 Å². The molecule has 2 atom stereocenters. The van der Waals surface area contributed by atoms with Gasteiger partial charge in [-0.15, -0.1) is 0 Å². The summed E-state index contributed by atoms with van der Waals surface area (Å²) >= 11 is 0. The summed E-state index contributed by atoms with van der Waals surface area (Å²) in [5, 5.41) is 26.7. The van der Waals surface area contributed by atoms with Gasteiger partial charge in [-0.1, -0.05) is 11.8 Å². The zero-order chi connectivity index (χ0) is 28.4. The van der Waals surface area contributed by atoms with E-state index < -0.39 is 24.0 Å². The van der Waals surface area contributed by atoms with Crippen LogP contribution in [-0.4, -0.2) is 60.8 Å². The van der Waals surface area contributed by atoms with Gasteiger partial charge in [-0.25, -0.2) is 5.48 Å². The van der Waals surface area contributed by atoms with Gasteiger partial charge in [0, 0.05) is 47.8 Å². The second-order valence-electron chi connectivity index (χ2n) is 8.92. The van der Waals surface area contributed by atoms with Crippen LogP contribution in [0.1, 0.15) is 28.4 Å². The molecular weight excluding hydrogens is 498 g/mol. The van der Waals surface area contributed by atoms with Gasteiger partial charge in [-0.3, -0.25) is 19.6 Å². The number of hydrogen-bond acceptors (Lipinski definition) is 7. The molecule has 0 aliphatic carbocycles. The molecule has 0 aromatic heterocycles. The van der Waals surface area contributed by atoms with Gasteiger partial charge < -0.3 is 26.0 Å². The summed E-state index contributed by atoms with van der Waals surface area (Å²) in [6.07, 6.45) is -1.20. The van der Waals surface area contributed by atoms with E-state index in [0.29, 0.717) is 11.3 Å². The molecule has 39 heavy (non-hydrogen) atoms. The Kier molecular flexibility index (Phi) is 10.0. The second-order valence-corrected chi connectivity index (χ2v) is 8.92. The number of carbonyl (C=O) groups is 3. The number of benzene rings is 3. The summed E-state index contributed by atoms with van der Waals surface area (Å²) in [6.45, 7) is 1.45. The first-order chi connectivity index (χ1) is 18.7. The van der Waals surface area contributed by atoms with Crippen LogP contribution in [0, 0.1) is 11.8 Å². The summed E-state index contributed by atoms with van der Waals surface area (Å²) in [7, 11) is 3.93. The molecule has 0 spiro atoms. The van der Waals surface area contributed by atoms with E-state index in [1.165, 1.54) is 12.4 Å². The molecule has 0 saturated carbocycles. The molecule has 6 N–H and O–H groups in total. The number of aliphatic hydroxyl groups is 1. The van der Waals surface area contributed by atoms with E-state index in [1.54, 1.807) is 48.5 Å². The maximum atomic E-state index is 12.4. The van der Waals surface area contributed by atoms with E-state index in [0.717, 1.165) is 16.9 Å². The number of carbonyl (C=O) groups excluding carboxylic acids is 3. The Morgan fingerprint density at radius 2 is 1.38 bits per heavy atom. The Hall–Kier alpha value is -4.85. The lowest BCUT2D eigenvalue weighted by atomic mass is 10.1. The van der Waals surface area contributed by atoms with Crippen molar-refractivity contribution in [2.24, 2.45) is 0 Å². The van der Waals surface area contributed by atoms with Crippen molar-refractivity contribution in [3.8, 4) is 11.8 Å². The Morgan fingerprint density at radius 3 is 1.90 bits per heavy atom. The van der Waals surface area contributed by atoms with Crippen LogP contribution in [0.25, 0.3) is 0 Å². The Balaban J connectivity index is 1.52. The van der Waals surface area contributed by atoms with Crippen molar-refractivity contribution in [1.82, 2.24) is 10.8 Å². The standard InChI is InChI=1S/C29H31N5O5/c1-19(35)27(29(38)33-39)32-28(37)22-10-6-20(7-11-22)4-5-21-8-12-24(13-9-21)31-26(36)18-30-23-14-16-25(17-15-23)34(2)3/h6-17,19,27,30,35,39H,18H2,1-3H3,(H,31,36)(H,32,37)(H,33,38). The highest BCUT2D eigenvalue weighted by Crippen LogP contribution is 2.15. The van der Waals surface area contributed by atoms with Gasteiger partial charge in [0.25, 0.3) is 11.8 Å². The number of rotatable bonds is 9. The third-order valence-electron chi connectivity index (χ3n) is 5.67. The van der Waals surface area contributed by atoms with Crippen molar-refractivity contribution in [2.75, 3.05) is 36.2 Å². The lowest BCUT2D eigenvalue weighted by Gasteiger charge is -2.19. The van der Waals surface area contributed by atoms with Gasteiger partial charge in [0.2, 0.25) is 5.91 Å². The minimum absolute atomic E-state index is 0.130. The number of aliphatic hydroxyl groups excluding tert-OH is 1. The van der Waals surface area contributed by atoms with Crippen molar-refractivity contribution >= 4 is 34.8 Å². The maximum Gasteiger partial charge on any atom is 0.268 e. The van der Waals surface area contributed by atoms with Gasteiger partial charge in [-0.2, -0.15) is 0 Å². The van der Waals surface area contributed by atoms with E-state index in [2.05, 4.69) is 27.8 Å². The predicted octanol–water partition coefficient (Wildman–Crippen LogP) is 2.19. The first-order valence-electron chi connectivity index (χ1n) is 12.1. The fourth-order valence-electron chi connectivity index (χ4n) is 3.45. The minimum atomic E-state index is -1.30. The lowest BCUT2D eigenvalue weighted by Crippen LogP contribution is -2.51. The molecule has 3 aromatic rings. The highest BCUT2D eigenvalue weighted by Gasteiger charge is 2.25. The van der Waals surface area contributed by atoms with Gasteiger partial charge in [0.05, 0.1) is 12.6 Å². The van der Waals surface area contributed by atoms with E-state index in [1.807, 2.05) is 43.3 Å². The van der Waals surface area contributed by atoms with E-state index in [9.17, 15) is 19.5 Å². The van der Waals surface area contributed by atoms with Crippen LogP contribution >= 0.6 is 0 Å². The molecule has 0 aliphatic rings. The third-order valence-corrected chi connectivity index (χ3v) is 5.67. The minimum Gasteiger partial charge on any atom is -0.391 e. The maximum absolute atomic E-state index is 12.4. The van der Waals surface area contributed by atoms with Crippen LogP contribution in [0.2, 0.25) is 0 Å². The average molecular weight is 530 g/mol. The van der Waals surface area contributed by atoms with E-state index in [4.69, 9.17) is 5.21 Å². The lowest BCUT2D eigenvalue weighted by molar-refractivity contribution is -0.133.